The van der Waals surface area contributed by atoms with Gasteiger partial charge in [-0.15, -0.1) is 6.58 Å². The van der Waals surface area contributed by atoms with Gasteiger partial charge in [-0.3, -0.25) is 0 Å². The van der Waals surface area contributed by atoms with Crippen LogP contribution in [-0.2, 0) is 0 Å². The van der Waals surface area contributed by atoms with Crippen molar-refractivity contribution in [2.45, 2.75) is 20.3 Å². The molecule has 0 aromatic heterocycles. The van der Waals surface area contributed by atoms with Gasteiger partial charge in [-0.2, -0.15) is 0 Å². The standard InChI is InChI=1S/C14H22N2/c1-4-7-12-15-13-8-10-14(11-9-13)16(5-2)6-3/h4,8-11,15H,1,5-7,12H2,2-3H3. The molecule has 1 aromatic rings. The second kappa shape index (κ2) is 6.94. The van der Waals surface area contributed by atoms with E-state index in [0.29, 0.717) is 0 Å². The maximum Gasteiger partial charge on any atom is 0.0367 e. The molecule has 2 heteroatoms. The van der Waals surface area contributed by atoms with E-state index in [9.17, 15) is 0 Å². The Labute approximate surface area is 99.0 Å². The lowest BCUT2D eigenvalue weighted by Gasteiger charge is -2.21. The number of anilines is 2. The summed E-state index contributed by atoms with van der Waals surface area (Å²) >= 11 is 0. The van der Waals surface area contributed by atoms with Crippen LogP contribution in [0.3, 0.4) is 0 Å². The molecular weight excluding hydrogens is 196 g/mol. The lowest BCUT2D eigenvalue weighted by atomic mass is 10.2. The molecule has 0 aliphatic carbocycles. The average Bonchev–Trinajstić information content (AvgIpc) is 2.33. The van der Waals surface area contributed by atoms with Crippen LogP contribution >= 0.6 is 0 Å². The quantitative estimate of drug-likeness (QED) is 0.556. The van der Waals surface area contributed by atoms with Gasteiger partial charge in [0.25, 0.3) is 0 Å². The van der Waals surface area contributed by atoms with Crippen LogP contribution in [0.4, 0.5) is 11.4 Å². The van der Waals surface area contributed by atoms with Crippen molar-refractivity contribution in [2.75, 3.05) is 29.9 Å². The lowest BCUT2D eigenvalue weighted by molar-refractivity contribution is 0.866. The Morgan fingerprint density at radius 1 is 1.19 bits per heavy atom. The van der Waals surface area contributed by atoms with Gasteiger partial charge in [-0.25, -0.2) is 0 Å². The fourth-order valence-corrected chi connectivity index (χ4v) is 1.70. The van der Waals surface area contributed by atoms with Crippen LogP contribution in [0.2, 0.25) is 0 Å². The summed E-state index contributed by atoms with van der Waals surface area (Å²) in [6.07, 6.45) is 2.93. The molecule has 0 fully saturated rings. The summed E-state index contributed by atoms with van der Waals surface area (Å²) in [7, 11) is 0. The second-order valence-corrected chi connectivity index (χ2v) is 3.72. The predicted molar refractivity (Wildman–Crippen MR) is 73.3 cm³/mol. The van der Waals surface area contributed by atoms with E-state index in [0.717, 1.165) is 26.1 Å². The number of rotatable bonds is 7. The van der Waals surface area contributed by atoms with Gasteiger partial charge >= 0.3 is 0 Å². The molecule has 0 spiro atoms. The summed E-state index contributed by atoms with van der Waals surface area (Å²) in [4.78, 5) is 2.34. The summed E-state index contributed by atoms with van der Waals surface area (Å²) in [5, 5.41) is 3.36. The zero-order valence-electron chi connectivity index (χ0n) is 10.4. The van der Waals surface area contributed by atoms with Crippen molar-refractivity contribution in [2.24, 2.45) is 0 Å². The van der Waals surface area contributed by atoms with E-state index in [1.165, 1.54) is 11.4 Å². The smallest absolute Gasteiger partial charge is 0.0367 e. The monoisotopic (exact) mass is 218 g/mol. The van der Waals surface area contributed by atoms with Gasteiger partial charge < -0.3 is 10.2 Å². The minimum atomic E-state index is 0.952. The average molecular weight is 218 g/mol. The molecule has 2 nitrogen and oxygen atoms in total. The van der Waals surface area contributed by atoms with Crippen molar-refractivity contribution in [3.05, 3.63) is 36.9 Å². The van der Waals surface area contributed by atoms with Crippen LogP contribution < -0.4 is 10.2 Å². The third-order valence-electron chi connectivity index (χ3n) is 2.67. The SMILES string of the molecule is C=CCCNc1ccc(N(CC)CC)cc1. The number of hydrogen-bond donors (Lipinski definition) is 1. The highest BCUT2D eigenvalue weighted by molar-refractivity contribution is 5.55. The number of benzene rings is 1. The molecule has 0 saturated heterocycles. The van der Waals surface area contributed by atoms with Gasteiger partial charge in [0.05, 0.1) is 0 Å². The summed E-state index contributed by atoms with van der Waals surface area (Å²) in [5.41, 5.74) is 2.47. The number of nitrogens with zero attached hydrogens (tertiary/aromatic N) is 1. The Morgan fingerprint density at radius 3 is 2.31 bits per heavy atom. The van der Waals surface area contributed by atoms with E-state index >= 15 is 0 Å². The van der Waals surface area contributed by atoms with Gasteiger partial charge in [0.1, 0.15) is 0 Å². The van der Waals surface area contributed by atoms with E-state index < -0.39 is 0 Å². The molecule has 0 aliphatic rings. The Kier molecular flexibility index (Phi) is 5.48. The molecule has 0 heterocycles. The minimum absolute atomic E-state index is 0.952. The molecule has 0 saturated carbocycles. The molecular formula is C14H22N2. The first-order valence-corrected chi connectivity index (χ1v) is 6.01. The van der Waals surface area contributed by atoms with Gasteiger partial charge in [-0.1, -0.05) is 6.08 Å². The summed E-state index contributed by atoms with van der Waals surface area (Å²) in [5.74, 6) is 0. The summed E-state index contributed by atoms with van der Waals surface area (Å²) in [6.45, 7) is 11.1. The predicted octanol–water partition coefficient (Wildman–Crippen LogP) is 3.52. The van der Waals surface area contributed by atoms with Crippen LogP contribution in [-0.4, -0.2) is 19.6 Å². The maximum atomic E-state index is 3.70. The van der Waals surface area contributed by atoms with Crippen molar-refractivity contribution in [1.29, 1.82) is 0 Å². The minimum Gasteiger partial charge on any atom is -0.385 e. The molecule has 88 valence electrons. The van der Waals surface area contributed by atoms with Crippen molar-refractivity contribution >= 4 is 11.4 Å². The van der Waals surface area contributed by atoms with E-state index in [1.807, 2.05) is 6.08 Å². The first-order valence-electron chi connectivity index (χ1n) is 6.01. The third-order valence-corrected chi connectivity index (χ3v) is 2.67. The van der Waals surface area contributed by atoms with Crippen LogP contribution in [0.25, 0.3) is 0 Å². The largest absolute Gasteiger partial charge is 0.385 e. The molecule has 0 aliphatic heterocycles. The zero-order chi connectivity index (χ0) is 11.8. The Hall–Kier alpha value is -1.44. The molecule has 0 amide bonds. The van der Waals surface area contributed by atoms with Crippen LogP contribution in [0.15, 0.2) is 36.9 Å². The van der Waals surface area contributed by atoms with Crippen LogP contribution in [0, 0.1) is 0 Å². The van der Waals surface area contributed by atoms with Crippen molar-refractivity contribution in [3.63, 3.8) is 0 Å². The second-order valence-electron chi connectivity index (χ2n) is 3.72. The highest BCUT2D eigenvalue weighted by Gasteiger charge is 2.00. The number of nitrogens with one attached hydrogen (secondary N) is 1. The Balaban J connectivity index is 2.56. The normalized spacial score (nSPS) is 9.88. The third kappa shape index (κ3) is 3.61. The fraction of sp³-hybridized carbons (Fsp3) is 0.429. The molecule has 0 atom stereocenters. The summed E-state index contributed by atoms with van der Waals surface area (Å²) < 4.78 is 0. The van der Waals surface area contributed by atoms with Crippen molar-refractivity contribution in [3.8, 4) is 0 Å². The van der Waals surface area contributed by atoms with Crippen LogP contribution in [0.5, 0.6) is 0 Å². The molecule has 16 heavy (non-hydrogen) atoms. The van der Waals surface area contributed by atoms with Gasteiger partial charge in [-0.05, 0) is 44.5 Å². The van der Waals surface area contributed by atoms with E-state index in [-0.39, 0.29) is 0 Å². The lowest BCUT2D eigenvalue weighted by Crippen LogP contribution is -2.21. The van der Waals surface area contributed by atoms with Crippen molar-refractivity contribution < 1.29 is 0 Å². The van der Waals surface area contributed by atoms with E-state index in [2.05, 4.69) is 54.9 Å². The van der Waals surface area contributed by atoms with Crippen LogP contribution in [0.1, 0.15) is 20.3 Å². The Morgan fingerprint density at radius 2 is 1.81 bits per heavy atom. The first kappa shape index (κ1) is 12.6. The molecule has 0 unspecified atom stereocenters. The van der Waals surface area contributed by atoms with E-state index in [4.69, 9.17) is 0 Å². The molecule has 0 bridgehead atoms. The number of hydrogen-bond acceptors (Lipinski definition) is 2. The van der Waals surface area contributed by atoms with E-state index in [1.54, 1.807) is 0 Å². The van der Waals surface area contributed by atoms with Gasteiger partial charge in [0.15, 0.2) is 0 Å². The maximum absolute atomic E-state index is 3.70. The fourth-order valence-electron chi connectivity index (χ4n) is 1.70. The first-order chi connectivity index (χ1) is 7.81. The molecule has 1 N–H and O–H groups in total. The summed E-state index contributed by atoms with van der Waals surface area (Å²) in [6, 6.07) is 8.61. The topological polar surface area (TPSA) is 15.3 Å². The highest BCUT2D eigenvalue weighted by Crippen LogP contribution is 2.17. The van der Waals surface area contributed by atoms with Gasteiger partial charge in [0.2, 0.25) is 0 Å². The molecule has 1 aromatic carbocycles. The molecule has 0 radical (unpaired) electrons. The highest BCUT2D eigenvalue weighted by atomic mass is 15.1. The molecule has 1 rings (SSSR count). The van der Waals surface area contributed by atoms with Gasteiger partial charge in [0, 0.05) is 31.0 Å². The zero-order valence-corrected chi connectivity index (χ0v) is 10.4. The Bertz CT molecular complexity index is 299. The van der Waals surface area contributed by atoms with Crippen molar-refractivity contribution in [1.82, 2.24) is 0 Å².